The van der Waals surface area contributed by atoms with Crippen LogP contribution in [0.15, 0.2) is 41.4 Å². The normalized spacial score (nSPS) is 16.0. The third-order valence-corrected chi connectivity index (χ3v) is 6.58. The molecule has 0 atom stereocenters. The molecule has 0 bridgehead atoms. The van der Waals surface area contributed by atoms with Gasteiger partial charge in [-0.05, 0) is 19.1 Å². The van der Waals surface area contributed by atoms with Crippen LogP contribution < -0.4 is 9.64 Å². The van der Waals surface area contributed by atoms with E-state index in [2.05, 4.69) is 20.2 Å². The number of sulfonamides is 1. The average molecular weight is 388 g/mol. The molecule has 0 N–H and O–H groups in total. The first-order valence-corrected chi connectivity index (χ1v) is 10.0. The number of anilines is 1. The molecule has 0 radical (unpaired) electrons. The van der Waals surface area contributed by atoms with Crippen molar-refractivity contribution < 1.29 is 13.2 Å². The van der Waals surface area contributed by atoms with Crippen LogP contribution >= 0.6 is 0 Å². The van der Waals surface area contributed by atoms with Gasteiger partial charge >= 0.3 is 0 Å². The Morgan fingerprint density at radius 3 is 2.59 bits per heavy atom. The molecule has 1 fully saturated rings. The fraction of sp³-hybridized carbons (Fsp3) is 0.353. The SMILES string of the molecule is COc1cccc(S(=O)(=O)N2CCN(c3cnn4c(C)nnc4c3)CC2)c1. The average Bonchev–Trinajstić information content (AvgIpc) is 3.08. The summed E-state index contributed by atoms with van der Waals surface area (Å²) in [5, 5.41) is 12.5. The van der Waals surface area contributed by atoms with Crippen LogP contribution in [0, 0.1) is 6.92 Å². The van der Waals surface area contributed by atoms with Gasteiger partial charge in [-0.3, -0.25) is 0 Å². The van der Waals surface area contributed by atoms with Crippen LogP contribution in [0.5, 0.6) is 5.75 Å². The van der Waals surface area contributed by atoms with Crippen LogP contribution in [0.1, 0.15) is 5.82 Å². The highest BCUT2D eigenvalue weighted by Gasteiger charge is 2.29. The molecule has 0 spiro atoms. The minimum Gasteiger partial charge on any atom is -0.497 e. The zero-order valence-electron chi connectivity index (χ0n) is 15.1. The van der Waals surface area contributed by atoms with E-state index in [1.165, 1.54) is 11.4 Å². The van der Waals surface area contributed by atoms with Crippen molar-refractivity contribution in [3.8, 4) is 5.75 Å². The van der Waals surface area contributed by atoms with Gasteiger partial charge < -0.3 is 9.64 Å². The Bertz CT molecular complexity index is 1070. The molecular formula is C17H20N6O3S. The highest BCUT2D eigenvalue weighted by atomic mass is 32.2. The maximum absolute atomic E-state index is 12.9. The molecule has 0 saturated carbocycles. The van der Waals surface area contributed by atoms with Gasteiger partial charge in [-0.2, -0.15) is 13.9 Å². The highest BCUT2D eigenvalue weighted by molar-refractivity contribution is 7.89. The topological polar surface area (TPSA) is 92.9 Å². The molecule has 1 aliphatic heterocycles. The number of rotatable bonds is 4. The number of hydrogen-bond acceptors (Lipinski definition) is 7. The van der Waals surface area contributed by atoms with E-state index in [1.807, 2.05) is 13.0 Å². The summed E-state index contributed by atoms with van der Waals surface area (Å²) in [6.07, 6.45) is 1.76. The van der Waals surface area contributed by atoms with Crippen molar-refractivity contribution in [2.75, 3.05) is 38.2 Å². The molecule has 3 aromatic rings. The van der Waals surface area contributed by atoms with Gasteiger partial charge in [0, 0.05) is 38.3 Å². The van der Waals surface area contributed by atoms with E-state index in [9.17, 15) is 8.42 Å². The first kappa shape index (κ1) is 17.7. The molecule has 1 aliphatic rings. The van der Waals surface area contributed by atoms with Crippen LogP contribution in [0.4, 0.5) is 5.69 Å². The Morgan fingerprint density at radius 1 is 1.07 bits per heavy atom. The molecule has 0 aliphatic carbocycles. The van der Waals surface area contributed by atoms with Gasteiger partial charge in [0.25, 0.3) is 0 Å². The van der Waals surface area contributed by atoms with Gasteiger partial charge in [-0.1, -0.05) is 6.07 Å². The van der Waals surface area contributed by atoms with Crippen molar-refractivity contribution in [1.29, 1.82) is 0 Å². The van der Waals surface area contributed by atoms with Crippen molar-refractivity contribution >= 4 is 21.4 Å². The number of piperazine rings is 1. The van der Waals surface area contributed by atoms with E-state index in [4.69, 9.17) is 4.74 Å². The first-order valence-electron chi connectivity index (χ1n) is 8.56. The first-order chi connectivity index (χ1) is 13.0. The van der Waals surface area contributed by atoms with Crippen LogP contribution in [-0.4, -0.2) is 65.8 Å². The summed E-state index contributed by atoms with van der Waals surface area (Å²) in [5.74, 6) is 1.25. The second kappa shape index (κ2) is 6.78. The summed E-state index contributed by atoms with van der Waals surface area (Å²) in [6.45, 7) is 3.80. The van der Waals surface area contributed by atoms with Crippen LogP contribution in [0.3, 0.4) is 0 Å². The van der Waals surface area contributed by atoms with Crippen LogP contribution in [-0.2, 0) is 10.0 Å². The Kier molecular flexibility index (Phi) is 4.44. The van der Waals surface area contributed by atoms with E-state index >= 15 is 0 Å². The number of nitrogens with zero attached hydrogens (tertiary/aromatic N) is 6. The van der Waals surface area contributed by atoms with Gasteiger partial charge in [0.2, 0.25) is 10.0 Å². The van der Waals surface area contributed by atoms with Crippen molar-refractivity contribution in [2.45, 2.75) is 11.8 Å². The van der Waals surface area contributed by atoms with E-state index in [0.29, 0.717) is 37.6 Å². The molecule has 2 aromatic heterocycles. The van der Waals surface area contributed by atoms with Crippen molar-refractivity contribution in [2.24, 2.45) is 0 Å². The second-order valence-electron chi connectivity index (χ2n) is 6.30. The smallest absolute Gasteiger partial charge is 0.243 e. The molecule has 0 amide bonds. The van der Waals surface area contributed by atoms with Gasteiger partial charge in [0.15, 0.2) is 11.5 Å². The van der Waals surface area contributed by atoms with E-state index in [1.54, 1.807) is 35.0 Å². The third kappa shape index (κ3) is 3.21. The van der Waals surface area contributed by atoms with Gasteiger partial charge in [-0.15, -0.1) is 10.2 Å². The molecule has 10 heteroatoms. The molecule has 1 saturated heterocycles. The fourth-order valence-electron chi connectivity index (χ4n) is 3.16. The number of aryl methyl sites for hydroxylation is 1. The van der Waals surface area contributed by atoms with E-state index in [0.717, 1.165) is 11.5 Å². The summed E-state index contributed by atoms with van der Waals surface area (Å²) in [5.41, 5.74) is 1.59. The van der Waals surface area contributed by atoms with E-state index in [-0.39, 0.29) is 4.90 Å². The van der Waals surface area contributed by atoms with Crippen LogP contribution in [0.2, 0.25) is 0 Å². The largest absolute Gasteiger partial charge is 0.497 e. The number of ether oxygens (including phenoxy) is 1. The number of benzene rings is 1. The number of aromatic nitrogens is 4. The molecule has 142 valence electrons. The lowest BCUT2D eigenvalue weighted by Crippen LogP contribution is -2.48. The van der Waals surface area contributed by atoms with Crippen molar-refractivity contribution in [3.05, 3.63) is 42.4 Å². The Labute approximate surface area is 157 Å². The molecule has 9 nitrogen and oxygen atoms in total. The zero-order chi connectivity index (χ0) is 19.0. The summed E-state index contributed by atoms with van der Waals surface area (Å²) >= 11 is 0. The molecule has 27 heavy (non-hydrogen) atoms. The Balaban J connectivity index is 1.50. The maximum atomic E-state index is 12.9. The third-order valence-electron chi connectivity index (χ3n) is 4.69. The standard InChI is InChI=1S/C17H20N6O3S/c1-13-19-20-17-10-14(12-18-23(13)17)21-6-8-22(9-7-21)27(24,25)16-5-3-4-15(11-16)26-2/h3-5,10-12H,6-9H2,1-2H3. The lowest BCUT2D eigenvalue weighted by atomic mass is 10.3. The monoisotopic (exact) mass is 388 g/mol. The van der Waals surface area contributed by atoms with E-state index < -0.39 is 10.0 Å². The second-order valence-corrected chi connectivity index (χ2v) is 8.24. The Morgan fingerprint density at radius 2 is 1.85 bits per heavy atom. The molecule has 3 heterocycles. The molecule has 0 unspecified atom stereocenters. The molecule has 4 rings (SSSR count). The maximum Gasteiger partial charge on any atom is 0.243 e. The molecular weight excluding hydrogens is 368 g/mol. The number of hydrogen-bond donors (Lipinski definition) is 0. The lowest BCUT2D eigenvalue weighted by Gasteiger charge is -2.35. The summed E-state index contributed by atoms with van der Waals surface area (Å²) in [6, 6.07) is 8.47. The highest BCUT2D eigenvalue weighted by Crippen LogP contribution is 2.23. The van der Waals surface area contributed by atoms with Gasteiger partial charge in [0.1, 0.15) is 5.75 Å². The number of fused-ring (bicyclic) bond motifs is 1. The fourth-order valence-corrected chi connectivity index (χ4v) is 4.62. The Hall–Kier alpha value is -2.72. The number of methoxy groups -OCH3 is 1. The predicted molar refractivity (Wildman–Crippen MR) is 99.5 cm³/mol. The van der Waals surface area contributed by atoms with Gasteiger partial charge in [-0.25, -0.2) is 8.42 Å². The minimum absolute atomic E-state index is 0.248. The van der Waals surface area contributed by atoms with Gasteiger partial charge in [0.05, 0.1) is 23.9 Å². The lowest BCUT2D eigenvalue weighted by molar-refractivity contribution is 0.383. The van der Waals surface area contributed by atoms with Crippen molar-refractivity contribution in [3.63, 3.8) is 0 Å². The predicted octanol–water partition coefficient (Wildman–Crippen LogP) is 0.952. The summed E-state index contributed by atoms with van der Waals surface area (Å²) < 4.78 is 34.1. The van der Waals surface area contributed by atoms with Crippen molar-refractivity contribution in [1.82, 2.24) is 24.1 Å². The molecule has 1 aromatic carbocycles. The summed E-state index contributed by atoms with van der Waals surface area (Å²) in [7, 11) is -2.03. The zero-order valence-corrected chi connectivity index (χ0v) is 15.9. The summed E-state index contributed by atoms with van der Waals surface area (Å²) in [4.78, 5) is 2.35. The van der Waals surface area contributed by atoms with Crippen LogP contribution in [0.25, 0.3) is 5.65 Å². The quantitative estimate of drug-likeness (QED) is 0.657. The minimum atomic E-state index is -3.55.